The molecule has 122 valence electrons. The summed E-state index contributed by atoms with van der Waals surface area (Å²) in [6.45, 7) is 0. The van der Waals surface area contributed by atoms with Crippen molar-refractivity contribution in [3.05, 3.63) is 82.8 Å². The van der Waals surface area contributed by atoms with Gasteiger partial charge in [0.05, 0.1) is 6.21 Å². The van der Waals surface area contributed by atoms with Crippen LogP contribution < -0.4 is 5.69 Å². The van der Waals surface area contributed by atoms with Gasteiger partial charge in [0.1, 0.15) is 5.75 Å². The van der Waals surface area contributed by atoms with E-state index in [9.17, 15) is 9.90 Å². The van der Waals surface area contributed by atoms with E-state index >= 15 is 0 Å². The van der Waals surface area contributed by atoms with Gasteiger partial charge in [-0.3, -0.25) is 0 Å². The van der Waals surface area contributed by atoms with Crippen molar-refractivity contribution < 1.29 is 5.11 Å². The monoisotopic (exact) mass is 330 g/mol. The van der Waals surface area contributed by atoms with E-state index in [2.05, 4.69) is 15.3 Å². The average molecular weight is 330 g/mol. The zero-order valence-electron chi connectivity index (χ0n) is 13.1. The molecule has 25 heavy (non-hydrogen) atoms. The molecular formula is C19H14N4O2. The third-order valence-electron chi connectivity index (χ3n) is 3.93. The molecule has 0 amide bonds. The summed E-state index contributed by atoms with van der Waals surface area (Å²) >= 11 is 0. The van der Waals surface area contributed by atoms with Gasteiger partial charge in [0, 0.05) is 11.1 Å². The molecule has 2 N–H and O–H groups in total. The van der Waals surface area contributed by atoms with E-state index in [1.165, 1.54) is 10.9 Å². The van der Waals surface area contributed by atoms with E-state index in [1.807, 2.05) is 60.7 Å². The third-order valence-corrected chi connectivity index (χ3v) is 3.93. The van der Waals surface area contributed by atoms with E-state index in [4.69, 9.17) is 0 Å². The topological polar surface area (TPSA) is 83.3 Å². The zero-order chi connectivity index (χ0) is 17.2. The summed E-state index contributed by atoms with van der Waals surface area (Å²) in [7, 11) is 0. The number of nitrogens with zero attached hydrogens (tertiary/aromatic N) is 3. The summed E-state index contributed by atoms with van der Waals surface area (Å²) in [5.74, 6) is 0.502. The van der Waals surface area contributed by atoms with E-state index in [-0.39, 0.29) is 5.75 Å². The van der Waals surface area contributed by atoms with Crippen LogP contribution in [0.3, 0.4) is 0 Å². The number of fused-ring (bicyclic) bond motifs is 1. The number of H-pyrrole nitrogens is 1. The Labute approximate surface area is 142 Å². The van der Waals surface area contributed by atoms with Crippen LogP contribution in [0.2, 0.25) is 0 Å². The van der Waals surface area contributed by atoms with Crippen LogP contribution >= 0.6 is 0 Å². The Kier molecular flexibility index (Phi) is 3.63. The van der Waals surface area contributed by atoms with Crippen molar-refractivity contribution in [2.24, 2.45) is 5.10 Å². The Hall–Kier alpha value is -3.67. The Morgan fingerprint density at radius 1 is 1.00 bits per heavy atom. The molecule has 1 heterocycles. The molecular weight excluding hydrogens is 316 g/mol. The molecule has 4 rings (SSSR count). The first-order valence-electron chi connectivity index (χ1n) is 7.72. The zero-order valence-corrected chi connectivity index (χ0v) is 13.1. The summed E-state index contributed by atoms with van der Waals surface area (Å²) in [6, 6.07) is 20.4. The van der Waals surface area contributed by atoms with Crippen LogP contribution in [0.5, 0.6) is 5.75 Å². The second kappa shape index (κ2) is 6.09. The van der Waals surface area contributed by atoms with Gasteiger partial charge in [-0.05, 0) is 16.8 Å². The van der Waals surface area contributed by atoms with Gasteiger partial charge in [0.25, 0.3) is 0 Å². The maximum atomic E-state index is 12.1. The van der Waals surface area contributed by atoms with Crippen LogP contribution in [0.4, 0.5) is 0 Å². The summed E-state index contributed by atoms with van der Waals surface area (Å²) in [5, 5.41) is 22.7. The number of benzene rings is 3. The van der Waals surface area contributed by atoms with E-state index < -0.39 is 5.69 Å². The molecule has 0 spiro atoms. The second-order valence-corrected chi connectivity index (χ2v) is 5.49. The molecule has 1 aromatic heterocycles. The highest BCUT2D eigenvalue weighted by Crippen LogP contribution is 2.25. The van der Waals surface area contributed by atoms with Gasteiger partial charge in [-0.15, -0.1) is 0 Å². The molecule has 0 unspecified atom stereocenters. The Bertz CT molecular complexity index is 1130. The van der Waals surface area contributed by atoms with Gasteiger partial charge in [-0.1, -0.05) is 60.7 Å². The maximum absolute atomic E-state index is 12.1. The van der Waals surface area contributed by atoms with Crippen molar-refractivity contribution in [2.75, 3.05) is 0 Å². The van der Waals surface area contributed by atoms with Crippen LogP contribution in [-0.2, 0) is 0 Å². The minimum Gasteiger partial charge on any atom is -0.507 e. The molecule has 0 aliphatic heterocycles. The minimum atomic E-state index is -0.449. The highest BCUT2D eigenvalue weighted by Gasteiger charge is 2.10. The molecule has 0 radical (unpaired) electrons. The van der Waals surface area contributed by atoms with Crippen molar-refractivity contribution in [1.82, 2.24) is 14.9 Å². The SMILES string of the molecule is O=c1[nH]nc(-c2ccccc2)n1/N=C/c1c(O)ccc2ccccc12. The van der Waals surface area contributed by atoms with Crippen LogP contribution in [-0.4, -0.2) is 26.2 Å². The largest absolute Gasteiger partial charge is 0.507 e. The quantitative estimate of drug-likeness (QED) is 0.567. The van der Waals surface area contributed by atoms with Crippen molar-refractivity contribution in [1.29, 1.82) is 0 Å². The van der Waals surface area contributed by atoms with Gasteiger partial charge >= 0.3 is 5.69 Å². The highest BCUT2D eigenvalue weighted by atomic mass is 16.3. The summed E-state index contributed by atoms with van der Waals surface area (Å²) < 4.78 is 1.18. The fraction of sp³-hybridized carbons (Fsp3) is 0. The lowest BCUT2D eigenvalue weighted by atomic mass is 10.0. The Morgan fingerprint density at radius 3 is 2.60 bits per heavy atom. The van der Waals surface area contributed by atoms with Gasteiger partial charge in [-0.25, -0.2) is 9.89 Å². The molecule has 0 saturated carbocycles. The molecule has 0 saturated heterocycles. The lowest BCUT2D eigenvalue weighted by Gasteiger charge is -2.05. The lowest BCUT2D eigenvalue weighted by Crippen LogP contribution is -2.13. The van der Waals surface area contributed by atoms with Gasteiger partial charge in [0.2, 0.25) is 0 Å². The van der Waals surface area contributed by atoms with Crippen LogP contribution in [0.25, 0.3) is 22.2 Å². The predicted octanol–water partition coefficient (Wildman–Crippen LogP) is 2.98. The Morgan fingerprint density at radius 2 is 1.76 bits per heavy atom. The number of rotatable bonds is 3. The first-order chi connectivity index (χ1) is 12.2. The third kappa shape index (κ3) is 2.70. The minimum absolute atomic E-state index is 0.0975. The number of aromatic amines is 1. The Balaban J connectivity index is 1.84. The van der Waals surface area contributed by atoms with E-state index in [1.54, 1.807) is 6.07 Å². The molecule has 0 aliphatic carbocycles. The molecule has 4 aromatic rings. The molecule has 0 bridgehead atoms. The van der Waals surface area contributed by atoms with Crippen molar-refractivity contribution in [3.63, 3.8) is 0 Å². The van der Waals surface area contributed by atoms with Gasteiger partial charge < -0.3 is 5.11 Å². The normalized spacial score (nSPS) is 11.4. The predicted molar refractivity (Wildman–Crippen MR) is 96.9 cm³/mol. The smallest absolute Gasteiger partial charge is 0.364 e. The molecule has 0 atom stereocenters. The summed E-state index contributed by atoms with van der Waals surface area (Å²) in [6.07, 6.45) is 1.47. The fourth-order valence-electron chi connectivity index (χ4n) is 2.71. The number of aromatic hydroxyl groups is 1. The number of phenols is 1. The molecule has 6 heteroatoms. The number of hydrogen-bond acceptors (Lipinski definition) is 4. The first kappa shape index (κ1) is 14.9. The summed E-state index contributed by atoms with van der Waals surface area (Å²) in [4.78, 5) is 12.1. The van der Waals surface area contributed by atoms with Crippen LogP contribution in [0.15, 0.2) is 76.6 Å². The number of aromatic nitrogens is 3. The molecule has 0 aliphatic rings. The van der Waals surface area contributed by atoms with Gasteiger partial charge in [-0.2, -0.15) is 14.9 Å². The lowest BCUT2D eigenvalue weighted by molar-refractivity contribution is 0.475. The number of hydrogen-bond donors (Lipinski definition) is 2. The number of phenolic OH excluding ortho intramolecular Hbond substituents is 1. The second-order valence-electron chi connectivity index (χ2n) is 5.49. The average Bonchev–Trinajstić information content (AvgIpc) is 3.02. The number of nitrogens with one attached hydrogen (secondary N) is 1. The maximum Gasteiger partial charge on any atom is 0.364 e. The summed E-state index contributed by atoms with van der Waals surface area (Å²) in [5.41, 5.74) is 0.861. The fourth-order valence-corrected chi connectivity index (χ4v) is 2.71. The van der Waals surface area contributed by atoms with Crippen molar-refractivity contribution >= 4 is 17.0 Å². The van der Waals surface area contributed by atoms with Gasteiger partial charge in [0.15, 0.2) is 5.82 Å². The molecule has 3 aromatic carbocycles. The standard InChI is InChI=1S/C19H14N4O2/c24-17-11-10-13-6-4-5-9-15(13)16(17)12-20-23-18(21-22-19(23)25)14-7-2-1-3-8-14/h1-12,24H,(H,22,25)/b20-12+. The first-order valence-corrected chi connectivity index (χ1v) is 7.72. The van der Waals surface area contributed by atoms with E-state index in [0.29, 0.717) is 11.4 Å². The molecule has 0 fully saturated rings. The van der Waals surface area contributed by atoms with Crippen LogP contribution in [0, 0.1) is 0 Å². The molecule has 6 nitrogen and oxygen atoms in total. The highest BCUT2D eigenvalue weighted by molar-refractivity contribution is 6.02. The van der Waals surface area contributed by atoms with Crippen molar-refractivity contribution in [3.8, 4) is 17.1 Å². The van der Waals surface area contributed by atoms with Crippen LogP contribution in [0.1, 0.15) is 5.56 Å². The van der Waals surface area contributed by atoms with E-state index in [0.717, 1.165) is 16.3 Å². The van der Waals surface area contributed by atoms with Crippen molar-refractivity contribution in [2.45, 2.75) is 0 Å².